The molecule has 34 heavy (non-hydrogen) atoms. The maximum atomic E-state index is 10.6. The van der Waals surface area contributed by atoms with Gasteiger partial charge in [0.25, 0.3) is 0 Å². The molecule has 0 amide bonds. The van der Waals surface area contributed by atoms with E-state index in [9.17, 15) is 4.79 Å². The Morgan fingerprint density at radius 3 is 1.06 bits per heavy atom. The van der Waals surface area contributed by atoms with E-state index in [0.717, 1.165) is 13.0 Å². The molecule has 0 aliphatic carbocycles. The molecule has 0 spiro atoms. The second-order valence-corrected chi connectivity index (χ2v) is 9.09. The summed E-state index contributed by atoms with van der Waals surface area (Å²) >= 11 is 0. The number of rotatable bonds is 29. The Balaban J connectivity index is 3.01. The van der Waals surface area contributed by atoms with Gasteiger partial charge in [-0.2, -0.15) is 0 Å². The van der Waals surface area contributed by atoms with Crippen molar-refractivity contribution in [1.82, 2.24) is 0 Å². The van der Waals surface area contributed by atoms with Crippen LogP contribution in [0.15, 0.2) is 0 Å². The molecule has 0 N–H and O–H groups in total. The van der Waals surface area contributed by atoms with Gasteiger partial charge in [-0.1, -0.05) is 103 Å². The molecule has 0 saturated carbocycles. The molecular formula is C28H56O6. The molecule has 0 aromatic heterocycles. The van der Waals surface area contributed by atoms with E-state index in [0.29, 0.717) is 46.2 Å². The third-order valence-electron chi connectivity index (χ3n) is 5.79. The van der Waals surface area contributed by atoms with E-state index in [1.807, 2.05) is 0 Å². The molecule has 0 aliphatic heterocycles. The van der Waals surface area contributed by atoms with E-state index < -0.39 is 0 Å². The maximum Gasteiger partial charge on any atom is 0.302 e. The summed E-state index contributed by atoms with van der Waals surface area (Å²) in [7, 11) is 0. The third kappa shape index (κ3) is 31.3. The van der Waals surface area contributed by atoms with Crippen molar-refractivity contribution in [3.63, 3.8) is 0 Å². The fourth-order valence-electron chi connectivity index (χ4n) is 3.76. The predicted octanol–water partition coefficient (Wildman–Crippen LogP) is 6.88. The van der Waals surface area contributed by atoms with Crippen LogP contribution in [0.2, 0.25) is 0 Å². The molecule has 0 unspecified atom stereocenters. The molecule has 0 fully saturated rings. The molecule has 0 bridgehead atoms. The van der Waals surface area contributed by atoms with Gasteiger partial charge in [0.15, 0.2) is 0 Å². The highest BCUT2D eigenvalue weighted by Crippen LogP contribution is 2.13. The van der Waals surface area contributed by atoms with Crippen molar-refractivity contribution in [1.29, 1.82) is 0 Å². The Bertz CT molecular complexity index is 391. The number of unbranched alkanes of at least 4 members (excludes halogenated alkanes) is 15. The highest BCUT2D eigenvalue weighted by molar-refractivity contribution is 5.65. The zero-order chi connectivity index (χ0) is 24.8. The van der Waals surface area contributed by atoms with E-state index in [4.69, 9.17) is 23.7 Å². The van der Waals surface area contributed by atoms with Gasteiger partial charge in [-0.05, 0) is 6.42 Å². The number of hydrogen-bond donors (Lipinski definition) is 0. The van der Waals surface area contributed by atoms with Crippen LogP contribution in [0.3, 0.4) is 0 Å². The number of esters is 1. The van der Waals surface area contributed by atoms with E-state index in [2.05, 4.69) is 6.92 Å². The van der Waals surface area contributed by atoms with Crippen molar-refractivity contribution in [2.75, 3.05) is 59.5 Å². The molecule has 0 atom stereocenters. The second kappa shape index (κ2) is 30.3. The third-order valence-corrected chi connectivity index (χ3v) is 5.79. The summed E-state index contributed by atoms with van der Waals surface area (Å²) in [5.74, 6) is -0.286. The van der Waals surface area contributed by atoms with Crippen molar-refractivity contribution in [3.8, 4) is 0 Å². The van der Waals surface area contributed by atoms with E-state index >= 15 is 0 Å². The summed E-state index contributed by atoms with van der Waals surface area (Å²) in [4.78, 5) is 10.6. The Kier molecular flexibility index (Phi) is 29.7. The lowest BCUT2D eigenvalue weighted by molar-refractivity contribution is -0.142. The van der Waals surface area contributed by atoms with Crippen LogP contribution in [-0.4, -0.2) is 65.4 Å². The maximum absolute atomic E-state index is 10.6. The van der Waals surface area contributed by atoms with Crippen LogP contribution in [0, 0.1) is 0 Å². The summed E-state index contributed by atoms with van der Waals surface area (Å²) in [6.07, 6.45) is 22.2. The van der Waals surface area contributed by atoms with Crippen LogP contribution in [0.1, 0.15) is 117 Å². The number of hydrogen-bond acceptors (Lipinski definition) is 6. The average Bonchev–Trinajstić information content (AvgIpc) is 2.83. The summed E-state index contributed by atoms with van der Waals surface area (Å²) in [5, 5.41) is 0. The number of carbonyl (C=O) groups is 1. The lowest BCUT2D eigenvalue weighted by Crippen LogP contribution is -2.13. The van der Waals surface area contributed by atoms with Gasteiger partial charge >= 0.3 is 5.97 Å². The zero-order valence-electron chi connectivity index (χ0n) is 22.6. The van der Waals surface area contributed by atoms with Gasteiger partial charge in [0.05, 0.1) is 46.2 Å². The van der Waals surface area contributed by atoms with E-state index in [1.54, 1.807) is 0 Å². The Hall–Kier alpha value is -0.690. The number of ether oxygens (including phenoxy) is 5. The van der Waals surface area contributed by atoms with Gasteiger partial charge in [0.1, 0.15) is 6.61 Å². The largest absolute Gasteiger partial charge is 0.463 e. The lowest BCUT2D eigenvalue weighted by atomic mass is 10.0. The lowest BCUT2D eigenvalue weighted by Gasteiger charge is -2.07. The first kappa shape index (κ1) is 33.3. The van der Waals surface area contributed by atoms with Crippen LogP contribution in [-0.2, 0) is 28.5 Å². The molecule has 0 rings (SSSR count). The van der Waals surface area contributed by atoms with Gasteiger partial charge < -0.3 is 23.7 Å². The highest BCUT2D eigenvalue weighted by Gasteiger charge is 1.96. The first-order valence-electron chi connectivity index (χ1n) is 14.2. The van der Waals surface area contributed by atoms with Gasteiger partial charge in [-0.15, -0.1) is 0 Å². The number of carbonyl (C=O) groups excluding carboxylic acids is 1. The summed E-state index contributed by atoms with van der Waals surface area (Å²) in [6.45, 7) is 8.57. The molecule has 0 radical (unpaired) electrons. The minimum absolute atomic E-state index is 0.286. The van der Waals surface area contributed by atoms with Crippen molar-refractivity contribution in [2.45, 2.75) is 117 Å². The molecule has 6 nitrogen and oxygen atoms in total. The smallest absolute Gasteiger partial charge is 0.302 e. The SMILES string of the molecule is CCCCCCCCCCCCCCCCCCOCCOCCOCCOCCOC(C)=O. The van der Waals surface area contributed by atoms with Crippen LogP contribution < -0.4 is 0 Å². The van der Waals surface area contributed by atoms with Crippen molar-refractivity contribution >= 4 is 5.97 Å². The van der Waals surface area contributed by atoms with E-state index in [-0.39, 0.29) is 12.6 Å². The Morgan fingerprint density at radius 2 is 0.706 bits per heavy atom. The standard InChI is InChI=1S/C28H56O6/c1-3-4-5-6-7-8-9-10-11-12-13-14-15-16-17-18-19-30-20-21-31-22-23-32-24-25-33-26-27-34-28(2)29/h3-27H2,1-2H3. The second-order valence-electron chi connectivity index (χ2n) is 9.09. The molecular weight excluding hydrogens is 432 g/mol. The monoisotopic (exact) mass is 488 g/mol. The normalized spacial score (nSPS) is 11.2. The molecule has 0 saturated heterocycles. The van der Waals surface area contributed by atoms with Gasteiger partial charge in [-0.3, -0.25) is 4.79 Å². The molecule has 6 heteroatoms. The van der Waals surface area contributed by atoms with E-state index in [1.165, 1.54) is 103 Å². The minimum Gasteiger partial charge on any atom is -0.463 e. The molecule has 204 valence electrons. The topological polar surface area (TPSA) is 63.2 Å². The zero-order valence-corrected chi connectivity index (χ0v) is 22.6. The minimum atomic E-state index is -0.286. The summed E-state index contributed by atoms with van der Waals surface area (Å²) < 4.78 is 26.6. The first-order chi connectivity index (χ1) is 16.8. The van der Waals surface area contributed by atoms with Crippen LogP contribution in [0.25, 0.3) is 0 Å². The molecule has 0 aliphatic rings. The summed E-state index contributed by atoms with van der Waals surface area (Å²) in [6, 6.07) is 0. The first-order valence-corrected chi connectivity index (χ1v) is 14.2. The average molecular weight is 489 g/mol. The fourth-order valence-corrected chi connectivity index (χ4v) is 3.76. The van der Waals surface area contributed by atoms with Gasteiger partial charge in [0, 0.05) is 13.5 Å². The Morgan fingerprint density at radius 1 is 0.412 bits per heavy atom. The predicted molar refractivity (Wildman–Crippen MR) is 139 cm³/mol. The van der Waals surface area contributed by atoms with Crippen LogP contribution >= 0.6 is 0 Å². The summed E-state index contributed by atoms with van der Waals surface area (Å²) in [5.41, 5.74) is 0. The molecule has 0 aromatic carbocycles. The quantitative estimate of drug-likeness (QED) is 0.0845. The van der Waals surface area contributed by atoms with Crippen LogP contribution in [0.5, 0.6) is 0 Å². The highest BCUT2D eigenvalue weighted by atomic mass is 16.6. The van der Waals surface area contributed by atoms with Gasteiger partial charge in [-0.25, -0.2) is 0 Å². The fraction of sp³-hybridized carbons (Fsp3) is 0.964. The molecule has 0 aromatic rings. The molecule has 0 heterocycles. The Labute approximate surface area is 210 Å². The van der Waals surface area contributed by atoms with Crippen LogP contribution in [0.4, 0.5) is 0 Å². The van der Waals surface area contributed by atoms with Crippen molar-refractivity contribution in [2.24, 2.45) is 0 Å². The van der Waals surface area contributed by atoms with Crippen molar-refractivity contribution in [3.05, 3.63) is 0 Å². The van der Waals surface area contributed by atoms with Gasteiger partial charge in [0.2, 0.25) is 0 Å². The van der Waals surface area contributed by atoms with Crippen molar-refractivity contribution < 1.29 is 28.5 Å².